The Kier molecular flexibility index (Phi) is 6.33. The van der Waals surface area contributed by atoms with E-state index in [0.29, 0.717) is 30.1 Å². The third kappa shape index (κ3) is 4.96. The number of piperazine rings is 1. The van der Waals surface area contributed by atoms with Gasteiger partial charge in [0.25, 0.3) is 0 Å². The average molecular weight is 476 g/mol. The monoisotopic (exact) mass is 475 g/mol. The van der Waals surface area contributed by atoms with E-state index in [2.05, 4.69) is 4.98 Å². The smallest absolute Gasteiger partial charge is 0.411 e. The molecule has 7 nitrogen and oxygen atoms in total. The minimum Gasteiger partial charge on any atom is -0.480 e. The number of aryl methyl sites for hydroxylation is 2. The molecular weight excluding hydrogens is 449 g/mol. The molecule has 2 aromatic rings. The van der Waals surface area contributed by atoms with Gasteiger partial charge in [0.1, 0.15) is 17.5 Å². The number of ether oxygens (including phenoxy) is 1. The summed E-state index contributed by atoms with van der Waals surface area (Å²) >= 11 is 6.25. The van der Waals surface area contributed by atoms with Gasteiger partial charge in [-0.1, -0.05) is 17.7 Å². The lowest BCUT2D eigenvalue weighted by molar-refractivity contribution is -0.146. The third-order valence-corrected chi connectivity index (χ3v) is 6.22. The number of nitrogens with zero attached hydrogens (tertiary/aromatic N) is 3. The molecule has 1 aliphatic carbocycles. The lowest BCUT2D eigenvalue weighted by Crippen LogP contribution is -2.59. The number of carboxylic acids is 1. The second kappa shape index (κ2) is 8.91. The number of hydrogen-bond donors (Lipinski definition) is 1. The van der Waals surface area contributed by atoms with E-state index in [9.17, 15) is 19.1 Å². The lowest BCUT2D eigenvalue weighted by Gasteiger charge is -2.43. The van der Waals surface area contributed by atoms with E-state index in [4.69, 9.17) is 16.3 Å². The molecule has 1 aromatic heterocycles. The van der Waals surface area contributed by atoms with Crippen molar-refractivity contribution < 1.29 is 23.8 Å². The number of hydrogen-bond acceptors (Lipinski definition) is 5. The average Bonchev–Trinajstić information content (AvgIpc) is 2.88. The van der Waals surface area contributed by atoms with Crippen LogP contribution in [0.25, 0.3) is 0 Å². The van der Waals surface area contributed by atoms with Crippen molar-refractivity contribution in [2.24, 2.45) is 0 Å². The Bertz CT molecular complexity index is 1030. The minimum atomic E-state index is -1.11. The summed E-state index contributed by atoms with van der Waals surface area (Å²) < 4.78 is 19.4. The first kappa shape index (κ1) is 23.4. The number of carbonyl (C=O) groups is 2. The fraction of sp³-hybridized carbons (Fsp3) is 0.458. The van der Waals surface area contributed by atoms with Crippen LogP contribution in [0.3, 0.4) is 0 Å². The van der Waals surface area contributed by atoms with Gasteiger partial charge in [-0.25, -0.2) is 14.0 Å². The van der Waals surface area contributed by atoms with Gasteiger partial charge in [0, 0.05) is 24.7 Å². The van der Waals surface area contributed by atoms with Gasteiger partial charge < -0.3 is 9.84 Å². The van der Waals surface area contributed by atoms with E-state index in [1.54, 1.807) is 26.8 Å². The predicted molar refractivity (Wildman–Crippen MR) is 121 cm³/mol. The van der Waals surface area contributed by atoms with Crippen molar-refractivity contribution in [2.75, 3.05) is 19.6 Å². The Morgan fingerprint density at radius 3 is 2.61 bits per heavy atom. The zero-order valence-electron chi connectivity index (χ0n) is 18.8. The molecule has 1 unspecified atom stereocenters. The number of carbonyl (C=O) groups excluding carboxylic acids is 1. The molecule has 1 amide bonds. The Morgan fingerprint density at radius 2 is 1.91 bits per heavy atom. The zero-order valence-corrected chi connectivity index (χ0v) is 19.6. The van der Waals surface area contributed by atoms with Crippen LogP contribution in [0, 0.1) is 5.82 Å². The molecule has 2 atom stereocenters. The molecule has 176 valence electrons. The van der Waals surface area contributed by atoms with E-state index in [1.807, 2.05) is 17.0 Å². The maximum absolute atomic E-state index is 14.0. The first-order valence-electron chi connectivity index (χ1n) is 10.9. The molecule has 1 saturated heterocycles. The van der Waals surface area contributed by atoms with Crippen molar-refractivity contribution in [3.8, 4) is 0 Å². The lowest BCUT2D eigenvalue weighted by atomic mass is 9.95. The van der Waals surface area contributed by atoms with E-state index in [-0.39, 0.29) is 19.1 Å². The Labute approximate surface area is 197 Å². The third-order valence-electron chi connectivity index (χ3n) is 5.98. The first-order valence-corrected chi connectivity index (χ1v) is 11.3. The molecule has 2 aliphatic rings. The van der Waals surface area contributed by atoms with Crippen molar-refractivity contribution in [2.45, 2.75) is 51.3 Å². The van der Waals surface area contributed by atoms with Crippen molar-refractivity contribution in [1.82, 2.24) is 14.8 Å². The largest absolute Gasteiger partial charge is 0.480 e. The summed E-state index contributed by atoms with van der Waals surface area (Å²) in [4.78, 5) is 32.5. The summed E-state index contributed by atoms with van der Waals surface area (Å²) in [6, 6.07) is 5.66. The van der Waals surface area contributed by atoms with Crippen LogP contribution in [0.5, 0.6) is 0 Å². The molecule has 0 spiro atoms. The first-order chi connectivity index (χ1) is 15.5. The van der Waals surface area contributed by atoms with E-state index >= 15 is 0 Å². The highest BCUT2D eigenvalue weighted by molar-refractivity contribution is 6.30. The summed E-state index contributed by atoms with van der Waals surface area (Å²) in [7, 11) is 0. The van der Waals surface area contributed by atoms with Gasteiger partial charge >= 0.3 is 12.1 Å². The number of pyridine rings is 1. The number of aliphatic carboxylic acids is 1. The molecular formula is C24H27ClFN3O4. The molecule has 1 aliphatic heterocycles. The highest BCUT2D eigenvalue weighted by atomic mass is 35.5. The Hall–Kier alpha value is -2.71. The molecule has 4 rings (SSSR count). The number of rotatable bonds is 2. The van der Waals surface area contributed by atoms with Gasteiger partial charge in [0.15, 0.2) is 0 Å². The molecule has 0 bridgehead atoms. The number of halogens is 2. The number of carboxylic acid groups (broad SMARTS) is 1. The molecule has 1 aromatic carbocycles. The molecule has 0 saturated carbocycles. The maximum Gasteiger partial charge on any atom is 0.411 e. The number of fused-ring (bicyclic) bond motifs is 2. The van der Waals surface area contributed by atoms with Crippen LogP contribution in [0.1, 0.15) is 49.2 Å². The van der Waals surface area contributed by atoms with Crippen LogP contribution in [0.2, 0.25) is 5.02 Å². The zero-order chi connectivity index (χ0) is 23.9. The molecule has 9 heteroatoms. The fourth-order valence-electron chi connectivity index (χ4n) is 4.57. The summed E-state index contributed by atoms with van der Waals surface area (Å²) in [5.41, 5.74) is 2.74. The summed E-state index contributed by atoms with van der Waals surface area (Å²) in [5.74, 6) is -1.52. The highest BCUT2D eigenvalue weighted by Crippen LogP contribution is 2.38. The maximum atomic E-state index is 14.0. The fourth-order valence-corrected chi connectivity index (χ4v) is 4.77. The molecule has 1 N–H and O–H groups in total. The van der Waals surface area contributed by atoms with Crippen molar-refractivity contribution in [3.05, 3.63) is 63.7 Å². The molecule has 33 heavy (non-hydrogen) atoms. The van der Waals surface area contributed by atoms with Crippen LogP contribution in [-0.4, -0.2) is 63.2 Å². The van der Waals surface area contributed by atoms with Gasteiger partial charge in [0.2, 0.25) is 0 Å². The van der Waals surface area contributed by atoms with Gasteiger partial charge in [-0.15, -0.1) is 0 Å². The number of aromatic nitrogens is 1. The van der Waals surface area contributed by atoms with Crippen LogP contribution in [0.15, 0.2) is 30.5 Å². The normalized spacial score (nSPS) is 21.1. The van der Waals surface area contributed by atoms with Crippen LogP contribution in [-0.2, 0) is 22.4 Å². The van der Waals surface area contributed by atoms with Crippen LogP contribution < -0.4 is 0 Å². The van der Waals surface area contributed by atoms with Gasteiger partial charge in [-0.3, -0.25) is 14.8 Å². The standard InChI is InChI=1S/C24H27ClFN3O4/c1-24(2,3)33-23(32)29-9-8-28(13-19(29)22(30)31)21-18-7-6-16(25)10-14(18)4-5-15-11-17(26)12-27-20(15)21/h6-7,10-12,19,21H,4-5,8-9,13H2,1-3H3,(H,30,31)/t19-,21?/m1/s1. The quantitative estimate of drug-likeness (QED) is 0.705. The summed E-state index contributed by atoms with van der Waals surface area (Å²) in [6.07, 6.45) is 1.82. The number of benzene rings is 1. The molecule has 1 fully saturated rings. The SMILES string of the molecule is CC(C)(C)OC(=O)N1CCN(C2c3ccc(Cl)cc3CCc3cc(F)cnc32)C[C@@H]1C(=O)O. The van der Waals surface area contributed by atoms with Gasteiger partial charge in [-0.2, -0.15) is 0 Å². The molecule has 2 heterocycles. The van der Waals surface area contributed by atoms with Gasteiger partial charge in [0.05, 0.1) is 17.9 Å². The highest BCUT2D eigenvalue weighted by Gasteiger charge is 2.41. The van der Waals surface area contributed by atoms with Crippen molar-refractivity contribution in [1.29, 1.82) is 0 Å². The van der Waals surface area contributed by atoms with E-state index < -0.39 is 29.5 Å². The summed E-state index contributed by atoms with van der Waals surface area (Å²) in [5, 5.41) is 10.5. The van der Waals surface area contributed by atoms with Gasteiger partial charge in [-0.05, 0) is 68.5 Å². The second-order valence-corrected chi connectivity index (χ2v) is 9.90. The number of amides is 1. The Balaban J connectivity index is 1.71. The topological polar surface area (TPSA) is 83.0 Å². The van der Waals surface area contributed by atoms with E-state index in [1.165, 1.54) is 17.2 Å². The van der Waals surface area contributed by atoms with Crippen molar-refractivity contribution in [3.63, 3.8) is 0 Å². The Morgan fingerprint density at radius 1 is 1.18 bits per heavy atom. The van der Waals surface area contributed by atoms with Crippen LogP contribution >= 0.6 is 11.6 Å². The summed E-state index contributed by atoms with van der Waals surface area (Å²) in [6.45, 7) is 5.90. The predicted octanol–water partition coefficient (Wildman–Crippen LogP) is 4.07. The minimum absolute atomic E-state index is 0.0831. The van der Waals surface area contributed by atoms with Crippen molar-refractivity contribution >= 4 is 23.7 Å². The second-order valence-electron chi connectivity index (χ2n) is 9.47. The van der Waals surface area contributed by atoms with Crippen LogP contribution in [0.4, 0.5) is 9.18 Å². The van der Waals surface area contributed by atoms with E-state index in [0.717, 1.165) is 16.7 Å². The molecule has 0 radical (unpaired) electrons.